The highest BCUT2D eigenvalue weighted by Crippen LogP contribution is 2.30. The summed E-state index contributed by atoms with van der Waals surface area (Å²) < 4.78 is 2.38. The number of hydrogen-bond acceptors (Lipinski definition) is 2. The molecule has 1 aliphatic rings. The SMILES string of the molecule is CNC(c1ccccc1)C(C)n1cnc2c1CCCC2. The van der Waals surface area contributed by atoms with E-state index in [0.717, 1.165) is 6.42 Å². The monoisotopic (exact) mass is 269 g/mol. The quantitative estimate of drug-likeness (QED) is 0.923. The third-order valence-corrected chi connectivity index (χ3v) is 4.45. The Hall–Kier alpha value is -1.61. The van der Waals surface area contributed by atoms with Gasteiger partial charge in [-0.15, -0.1) is 0 Å². The second-order valence-corrected chi connectivity index (χ2v) is 5.67. The first-order valence-corrected chi connectivity index (χ1v) is 7.58. The fourth-order valence-electron chi connectivity index (χ4n) is 3.35. The summed E-state index contributed by atoms with van der Waals surface area (Å²) in [6.07, 6.45) is 6.93. The van der Waals surface area contributed by atoms with Crippen LogP contribution in [0.15, 0.2) is 36.7 Å². The molecular weight excluding hydrogens is 246 g/mol. The van der Waals surface area contributed by atoms with Gasteiger partial charge in [0.25, 0.3) is 0 Å². The van der Waals surface area contributed by atoms with Crippen molar-refractivity contribution in [3.05, 3.63) is 53.6 Å². The van der Waals surface area contributed by atoms with Crippen LogP contribution in [-0.2, 0) is 12.8 Å². The van der Waals surface area contributed by atoms with E-state index in [9.17, 15) is 0 Å². The van der Waals surface area contributed by atoms with Gasteiger partial charge in [-0.05, 0) is 45.2 Å². The molecule has 0 bridgehead atoms. The number of hydrogen-bond donors (Lipinski definition) is 1. The fourth-order valence-corrected chi connectivity index (χ4v) is 3.35. The summed E-state index contributed by atoms with van der Waals surface area (Å²) in [4.78, 5) is 4.62. The summed E-state index contributed by atoms with van der Waals surface area (Å²) in [7, 11) is 2.04. The van der Waals surface area contributed by atoms with Crippen LogP contribution in [0.3, 0.4) is 0 Å². The van der Waals surface area contributed by atoms with Crippen LogP contribution in [0.4, 0.5) is 0 Å². The standard InChI is InChI=1S/C17H23N3/c1-13(17(18-2)14-8-4-3-5-9-14)20-12-19-15-10-6-7-11-16(15)20/h3-5,8-9,12-13,17-18H,6-7,10-11H2,1-2H3. The number of likely N-dealkylation sites (N-methyl/N-ethyl adjacent to an activating group) is 1. The first-order chi connectivity index (χ1) is 9.81. The minimum Gasteiger partial charge on any atom is -0.330 e. The van der Waals surface area contributed by atoms with Gasteiger partial charge >= 0.3 is 0 Å². The van der Waals surface area contributed by atoms with Crippen molar-refractivity contribution >= 4 is 0 Å². The Kier molecular flexibility index (Phi) is 3.88. The van der Waals surface area contributed by atoms with Crippen molar-refractivity contribution in [2.75, 3.05) is 7.05 Å². The van der Waals surface area contributed by atoms with Crippen LogP contribution < -0.4 is 5.32 Å². The molecular formula is C17H23N3. The van der Waals surface area contributed by atoms with E-state index in [-0.39, 0.29) is 0 Å². The van der Waals surface area contributed by atoms with Gasteiger partial charge in [-0.3, -0.25) is 0 Å². The largest absolute Gasteiger partial charge is 0.330 e. The molecule has 1 aliphatic carbocycles. The molecule has 3 nitrogen and oxygen atoms in total. The third-order valence-electron chi connectivity index (χ3n) is 4.45. The number of fused-ring (bicyclic) bond motifs is 1. The lowest BCUT2D eigenvalue weighted by molar-refractivity contribution is 0.389. The van der Waals surface area contributed by atoms with Gasteiger partial charge in [0.1, 0.15) is 0 Å². The van der Waals surface area contributed by atoms with E-state index < -0.39 is 0 Å². The maximum atomic E-state index is 4.62. The smallest absolute Gasteiger partial charge is 0.0954 e. The molecule has 1 N–H and O–H groups in total. The molecule has 0 fully saturated rings. The van der Waals surface area contributed by atoms with Crippen molar-refractivity contribution in [2.24, 2.45) is 0 Å². The maximum absolute atomic E-state index is 4.62. The van der Waals surface area contributed by atoms with Crippen LogP contribution >= 0.6 is 0 Å². The highest BCUT2D eigenvalue weighted by molar-refractivity contribution is 5.22. The zero-order valence-corrected chi connectivity index (χ0v) is 12.3. The minimum absolute atomic E-state index is 0.316. The van der Waals surface area contributed by atoms with Crippen molar-refractivity contribution in [2.45, 2.75) is 44.7 Å². The first-order valence-electron chi connectivity index (χ1n) is 7.58. The normalized spacial score (nSPS) is 17.5. The van der Waals surface area contributed by atoms with Crippen molar-refractivity contribution in [1.82, 2.24) is 14.9 Å². The van der Waals surface area contributed by atoms with Crippen LogP contribution in [0.25, 0.3) is 0 Å². The van der Waals surface area contributed by atoms with Gasteiger partial charge in [-0.2, -0.15) is 0 Å². The van der Waals surface area contributed by atoms with Gasteiger partial charge < -0.3 is 9.88 Å². The van der Waals surface area contributed by atoms with E-state index in [1.165, 1.54) is 36.2 Å². The second kappa shape index (κ2) is 5.80. The number of rotatable bonds is 4. The molecule has 2 aromatic rings. The van der Waals surface area contributed by atoms with Crippen LogP contribution in [-0.4, -0.2) is 16.6 Å². The number of imidazole rings is 1. The lowest BCUT2D eigenvalue weighted by Crippen LogP contribution is -2.27. The van der Waals surface area contributed by atoms with Gasteiger partial charge in [0, 0.05) is 5.69 Å². The van der Waals surface area contributed by atoms with E-state index in [2.05, 4.69) is 52.1 Å². The molecule has 106 valence electrons. The fraction of sp³-hybridized carbons (Fsp3) is 0.471. The van der Waals surface area contributed by atoms with Crippen LogP contribution in [0.1, 0.15) is 48.8 Å². The summed E-state index contributed by atoms with van der Waals surface area (Å²) in [5, 5.41) is 3.46. The molecule has 3 heteroatoms. The molecule has 0 radical (unpaired) electrons. The molecule has 3 rings (SSSR count). The van der Waals surface area contributed by atoms with Crippen molar-refractivity contribution in [3.63, 3.8) is 0 Å². The Morgan fingerprint density at radius 1 is 1.15 bits per heavy atom. The molecule has 2 atom stereocenters. The average molecular weight is 269 g/mol. The molecule has 2 unspecified atom stereocenters. The van der Waals surface area contributed by atoms with Gasteiger partial charge in [0.2, 0.25) is 0 Å². The van der Waals surface area contributed by atoms with Gasteiger partial charge in [-0.1, -0.05) is 30.3 Å². The van der Waals surface area contributed by atoms with E-state index in [4.69, 9.17) is 0 Å². The van der Waals surface area contributed by atoms with Gasteiger partial charge in [0.05, 0.1) is 24.1 Å². The average Bonchev–Trinajstić information content (AvgIpc) is 2.93. The molecule has 1 heterocycles. The minimum atomic E-state index is 0.316. The van der Waals surface area contributed by atoms with Crippen molar-refractivity contribution in [3.8, 4) is 0 Å². The molecule has 0 saturated carbocycles. The van der Waals surface area contributed by atoms with Crippen LogP contribution in [0.2, 0.25) is 0 Å². The van der Waals surface area contributed by atoms with Gasteiger partial charge in [0.15, 0.2) is 0 Å². The Balaban J connectivity index is 1.91. The molecule has 1 aromatic heterocycles. The summed E-state index contributed by atoms with van der Waals surface area (Å²) in [6.45, 7) is 2.28. The van der Waals surface area contributed by atoms with E-state index >= 15 is 0 Å². The Labute approximate surface area is 121 Å². The summed E-state index contributed by atoms with van der Waals surface area (Å²) in [5.74, 6) is 0. The Morgan fingerprint density at radius 2 is 1.90 bits per heavy atom. The first kappa shape index (κ1) is 13.4. The summed E-state index contributed by atoms with van der Waals surface area (Å²) in [6, 6.07) is 11.4. The highest BCUT2D eigenvalue weighted by atomic mass is 15.1. The van der Waals surface area contributed by atoms with E-state index in [1.807, 2.05) is 13.4 Å². The van der Waals surface area contributed by atoms with E-state index in [1.54, 1.807) is 0 Å². The lowest BCUT2D eigenvalue weighted by atomic mass is 9.97. The maximum Gasteiger partial charge on any atom is 0.0954 e. The van der Waals surface area contributed by atoms with Crippen LogP contribution in [0, 0.1) is 0 Å². The third kappa shape index (κ3) is 2.38. The van der Waals surface area contributed by atoms with Crippen molar-refractivity contribution < 1.29 is 0 Å². The number of aryl methyl sites for hydroxylation is 1. The molecule has 0 aliphatic heterocycles. The molecule has 0 spiro atoms. The predicted molar refractivity (Wildman–Crippen MR) is 81.8 cm³/mol. The number of nitrogens with zero attached hydrogens (tertiary/aromatic N) is 2. The predicted octanol–water partition coefficient (Wildman–Crippen LogP) is 3.28. The number of aromatic nitrogens is 2. The Bertz CT molecular complexity index is 559. The molecule has 0 saturated heterocycles. The molecule has 20 heavy (non-hydrogen) atoms. The highest BCUT2D eigenvalue weighted by Gasteiger charge is 2.23. The van der Waals surface area contributed by atoms with Gasteiger partial charge in [-0.25, -0.2) is 4.98 Å². The second-order valence-electron chi connectivity index (χ2n) is 5.67. The summed E-state index contributed by atoms with van der Waals surface area (Å²) in [5.41, 5.74) is 4.09. The van der Waals surface area contributed by atoms with Crippen molar-refractivity contribution in [1.29, 1.82) is 0 Å². The molecule has 1 aromatic carbocycles. The zero-order valence-electron chi connectivity index (χ0n) is 12.3. The van der Waals surface area contributed by atoms with E-state index in [0.29, 0.717) is 12.1 Å². The Morgan fingerprint density at radius 3 is 2.65 bits per heavy atom. The lowest BCUT2D eigenvalue weighted by Gasteiger charge is -2.27. The number of benzene rings is 1. The zero-order chi connectivity index (χ0) is 13.9. The number of nitrogens with one attached hydrogen (secondary N) is 1. The topological polar surface area (TPSA) is 29.9 Å². The molecule has 0 amide bonds. The summed E-state index contributed by atoms with van der Waals surface area (Å²) >= 11 is 0. The van der Waals surface area contributed by atoms with Crippen LogP contribution in [0.5, 0.6) is 0 Å².